The largest absolute Gasteiger partial charge is 0.426 e. The summed E-state index contributed by atoms with van der Waals surface area (Å²) in [4.78, 5) is 49.8. The minimum atomic E-state index is -1.25. The van der Waals surface area contributed by atoms with Gasteiger partial charge in [-0.15, -0.1) is 0 Å². The Hall–Kier alpha value is -4.46. The molecule has 8 nitrogen and oxygen atoms in total. The molecule has 0 aliphatic heterocycles. The fourth-order valence-corrected chi connectivity index (χ4v) is 2.75. The van der Waals surface area contributed by atoms with Gasteiger partial charge in [0.05, 0.1) is 0 Å². The monoisotopic (exact) mass is 476 g/mol. The van der Waals surface area contributed by atoms with Gasteiger partial charge in [0.15, 0.2) is 23.3 Å². The fraction of sp³-hybridized carbons (Fsp3) is 0.185. The molecule has 3 aromatic carbocycles. The van der Waals surface area contributed by atoms with Crippen molar-refractivity contribution in [3.8, 4) is 23.0 Å². The Morgan fingerprint density at radius 1 is 0.543 bits per heavy atom. The van der Waals surface area contributed by atoms with Crippen molar-refractivity contribution in [3.63, 3.8) is 0 Å². The molecule has 0 N–H and O–H groups in total. The molecule has 0 amide bonds. The van der Waals surface area contributed by atoms with Crippen LogP contribution in [0.1, 0.15) is 19.4 Å². The Labute approximate surface area is 202 Å². The second kappa shape index (κ2) is 11.6. The maximum absolute atomic E-state index is 12.6. The highest BCUT2D eigenvalue weighted by Gasteiger charge is 2.29. The second-order valence-corrected chi connectivity index (χ2v) is 7.70. The van der Waals surface area contributed by atoms with Crippen LogP contribution in [0, 0.1) is 18.8 Å². The van der Waals surface area contributed by atoms with Gasteiger partial charge in [-0.25, -0.2) is 0 Å². The van der Waals surface area contributed by atoms with Crippen LogP contribution in [0.4, 0.5) is 0 Å². The van der Waals surface area contributed by atoms with Crippen LogP contribution in [0.2, 0.25) is 0 Å². The molecule has 8 heteroatoms. The van der Waals surface area contributed by atoms with Gasteiger partial charge in [-0.2, -0.15) is 0 Å². The van der Waals surface area contributed by atoms with Crippen molar-refractivity contribution in [3.05, 3.63) is 84.4 Å². The summed E-state index contributed by atoms with van der Waals surface area (Å²) in [5.74, 6) is -5.48. The summed E-state index contributed by atoms with van der Waals surface area (Å²) in [5, 5.41) is 0. The van der Waals surface area contributed by atoms with Crippen LogP contribution in [-0.2, 0) is 19.2 Å². The molecule has 3 rings (SSSR count). The maximum atomic E-state index is 12.6. The molecule has 0 aliphatic carbocycles. The number of hydrogen-bond acceptors (Lipinski definition) is 8. The molecule has 0 aromatic heterocycles. The molecule has 2 atom stereocenters. The maximum Gasteiger partial charge on any atom is 0.325 e. The van der Waals surface area contributed by atoms with Crippen LogP contribution < -0.4 is 18.9 Å². The van der Waals surface area contributed by atoms with E-state index in [1.54, 1.807) is 73.7 Å². The molecular weight excluding hydrogens is 452 g/mol. The Balaban J connectivity index is 1.66. The van der Waals surface area contributed by atoms with Crippen LogP contribution in [0.5, 0.6) is 23.0 Å². The van der Waals surface area contributed by atoms with Crippen molar-refractivity contribution >= 4 is 23.9 Å². The van der Waals surface area contributed by atoms with Gasteiger partial charge in [0.25, 0.3) is 0 Å². The molecule has 0 heterocycles. The van der Waals surface area contributed by atoms with Gasteiger partial charge < -0.3 is 18.9 Å². The molecule has 0 spiro atoms. The third-order valence-corrected chi connectivity index (χ3v) is 4.86. The average molecular weight is 476 g/mol. The van der Waals surface area contributed by atoms with Gasteiger partial charge in [0.2, 0.25) is 0 Å². The number of carbonyl (C=O) groups excluding carboxylic acids is 4. The van der Waals surface area contributed by atoms with Crippen LogP contribution in [0.15, 0.2) is 78.9 Å². The summed E-state index contributed by atoms with van der Waals surface area (Å²) in [6.45, 7) is 4.43. The quantitative estimate of drug-likeness (QED) is 0.269. The summed E-state index contributed by atoms with van der Waals surface area (Å²) in [6, 6.07) is 21.1. The first-order valence-corrected chi connectivity index (χ1v) is 10.8. The van der Waals surface area contributed by atoms with Crippen molar-refractivity contribution in [2.24, 2.45) is 11.8 Å². The van der Waals surface area contributed by atoms with E-state index in [1.807, 2.05) is 0 Å². The van der Waals surface area contributed by atoms with Crippen molar-refractivity contribution < 1.29 is 38.1 Å². The minimum Gasteiger partial charge on any atom is -0.426 e. The molecule has 0 bridgehead atoms. The highest BCUT2D eigenvalue weighted by molar-refractivity contribution is 5.97. The number of carbonyl (C=O) groups is 4. The molecule has 0 saturated heterocycles. The third-order valence-electron chi connectivity index (χ3n) is 4.86. The summed E-state index contributed by atoms with van der Waals surface area (Å²) in [7, 11) is 0. The Bertz CT molecular complexity index is 1200. The van der Waals surface area contributed by atoms with Crippen LogP contribution in [0.3, 0.4) is 0 Å². The minimum absolute atomic E-state index is 0.0775. The number of benzene rings is 3. The SMILES string of the molecule is Cc1ccc(OC(=O)C(C)C(=O)Oc2ccccc2)c(OC(=O)C(C)C(=O)Oc2ccccc2)c1. The van der Waals surface area contributed by atoms with Crippen molar-refractivity contribution in [2.75, 3.05) is 0 Å². The Morgan fingerprint density at radius 3 is 1.40 bits per heavy atom. The van der Waals surface area contributed by atoms with E-state index in [9.17, 15) is 19.2 Å². The number of rotatable bonds is 8. The number of aryl methyl sites for hydroxylation is 1. The van der Waals surface area contributed by atoms with E-state index in [0.29, 0.717) is 17.1 Å². The predicted molar refractivity (Wildman–Crippen MR) is 125 cm³/mol. The summed E-state index contributed by atoms with van der Waals surface area (Å²) < 4.78 is 21.0. The molecule has 35 heavy (non-hydrogen) atoms. The molecule has 2 unspecified atom stereocenters. The van der Waals surface area contributed by atoms with Gasteiger partial charge in [0, 0.05) is 0 Å². The van der Waals surface area contributed by atoms with Crippen molar-refractivity contribution in [2.45, 2.75) is 20.8 Å². The smallest absolute Gasteiger partial charge is 0.325 e. The van der Waals surface area contributed by atoms with Crippen LogP contribution in [-0.4, -0.2) is 23.9 Å². The molecule has 0 aliphatic rings. The van der Waals surface area contributed by atoms with Crippen LogP contribution in [0.25, 0.3) is 0 Å². The summed E-state index contributed by atoms with van der Waals surface area (Å²) in [6.07, 6.45) is 0. The molecule has 0 fully saturated rings. The third kappa shape index (κ3) is 7.01. The average Bonchev–Trinajstić information content (AvgIpc) is 2.85. The first-order chi connectivity index (χ1) is 16.7. The van der Waals surface area contributed by atoms with Crippen molar-refractivity contribution in [1.29, 1.82) is 0 Å². The lowest BCUT2D eigenvalue weighted by molar-refractivity contribution is -0.153. The van der Waals surface area contributed by atoms with E-state index in [2.05, 4.69) is 0 Å². The molecular formula is C27H24O8. The zero-order chi connectivity index (χ0) is 25.4. The Kier molecular flexibility index (Phi) is 8.34. The normalized spacial score (nSPS) is 12.1. The molecule has 0 radical (unpaired) electrons. The number of para-hydroxylation sites is 2. The number of hydrogen-bond donors (Lipinski definition) is 0. The zero-order valence-electron chi connectivity index (χ0n) is 19.4. The van der Waals surface area contributed by atoms with Crippen molar-refractivity contribution in [1.82, 2.24) is 0 Å². The standard InChI is InChI=1S/C27H24O8/c1-17-14-15-22(34-26(30)18(2)24(28)32-20-10-6-4-7-11-20)23(16-17)35-27(31)19(3)25(29)33-21-12-8-5-9-13-21/h4-16,18-19H,1-3H3. The summed E-state index contributed by atoms with van der Waals surface area (Å²) in [5.41, 5.74) is 0.712. The fourth-order valence-electron chi connectivity index (χ4n) is 2.75. The van der Waals surface area contributed by atoms with Crippen LogP contribution >= 0.6 is 0 Å². The lowest BCUT2D eigenvalue weighted by Gasteiger charge is -2.15. The second-order valence-electron chi connectivity index (χ2n) is 7.70. The van der Waals surface area contributed by atoms with Gasteiger partial charge in [-0.1, -0.05) is 42.5 Å². The van der Waals surface area contributed by atoms with Gasteiger partial charge >= 0.3 is 23.9 Å². The van der Waals surface area contributed by atoms with E-state index >= 15 is 0 Å². The molecule has 180 valence electrons. The van der Waals surface area contributed by atoms with Gasteiger partial charge in [0.1, 0.15) is 11.5 Å². The van der Waals surface area contributed by atoms with Gasteiger partial charge in [-0.3, -0.25) is 19.2 Å². The van der Waals surface area contributed by atoms with E-state index in [0.717, 1.165) is 0 Å². The lowest BCUT2D eigenvalue weighted by Crippen LogP contribution is -2.30. The number of esters is 4. The van der Waals surface area contributed by atoms with E-state index in [-0.39, 0.29) is 11.5 Å². The number of ether oxygens (including phenoxy) is 4. The topological polar surface area (TPSA) is 105 Å². The molecule has 3 aromatic rings. The first-order valence-electron chi connectivity index (χ1n) is 10.8. The summed E-state index contributed by atoms with van der Waals surface area (Å²) >= 11 is 0. The predicted octanol–water partition coefficient (Wildman–Crippen LogP) is 4.29. The lowest BCUT2D eigenvalue weighted by atomic mass is 10.1. The van der Waals surface area contributed by atoms with Gasteiger partial charge in [-0.05, 0) is 62.7 Å². The Morgan fingerprint density at radius 2 is 0.943 bits per heavy atom. The highest BCUT2D eigenvalue weighted by Crippen LogP contribution is 2.30. The van der Waals surface area contributed by atoms with E-state index in [4.69, 9.17) is 18.9 Å². The van der Waals surface area contributed by atoms with E-state index < -0.39 is 35.7 Å². The molecule has 0 saturated carbocycles. The van der Waals surface area contributed by atoms with E-state index in [1.165, 1.54) is 26.0 Å². The zero-order valence-corrected chi connectivity index (χ0v) is 19.4. The first kappa shape index (κ1) is 25.2. The highest BCUT2D eigenvalue weighted by atomic mass is 16.6.